The molecule has 14 heavy (non-hydrogen) atoms. The molecule has 0 saturated carbocycles. The lowest BCUT2D eigenvalue weighted by Gasteiger charge is -2.05. The van der Waals surface area contributed by atoms with Gasteiger partial charge in [0.2, 0.25) is 0 Å². The molecule has 0 atom stereocenters. The first-order valence-electron chi connectivity index (χ1n) is 4.60. The first kappa shape index (κ1) is 8.82. The zero-order valence-electron chi connectivity index (χ0n) is 8.12. The van der Waals surface area contributed by atoms with Crippen LogP contribution >= 0.6 is 0 Å². The van der Waals surface area contributed by atoms with E-state index in [2.05, 4.69) is 19.1 Å². The van der Waals surface area contributed by atoms with Gasteiger partial charge >= 0.3 is 0 Å². The molecule has 69 valence electrons. The molecule has 2 rings (SSSR count). The van der Waals surface area contributed by atoms with Gasteiger partial charge in [-0.1, -0.05) is 42.0 Å². The van der Waals surface area contributed by atoms with Crippen molar-refractivity contribution < 1.29 is 0 Å². The Morgan fingerprint density at radius 1 is 1.14 bits per heavy atom. The summed E-state index contributed by atoms with van der Waals surface area (Å²) in [5.74, 6) is 0. The van der Waals surface area contributed by atoms with Crippen LogP contribution in [0.15, 0.2) is 42.5 Å². The van der Waals surface area contributed by atoms with E-state index in [4.69, 9.17) is 5.73 Å². The van der Waals surface area contributed by atoms with Gasteiger partial charge in [0.25, 0.3) is 0 Å². The number of hydrogen-bond acceptors (Lipinski definition) is 1. The molecule has 2 N–H and O–H groups in total. The Kier molecular flexibility index (Phi) is 2.23. The summed E-state index contributed by atoms with van der Waals surface area (Å²) in [7, 11) is 0. The van der Waals surface area contributed by atoms with E-state index in [1.807, 2.05) is 36.4 Å². The molecule has 1 nitrogen and oxygen atoms in total. The second kappa shape index (κ2) is 3.54. The molecule has 0 aromatic heterocycles. The van der Waals surface area contributed by atoms with Gasteiger partial charge in [0, 0.05) is 11.3 Å². The molecule has 0 aliphatic rings. The predicted octanol–water partition coefficient (Wildman–Crippen LogP) is 3.04. The molecule has 0 spiro atoms. The Bertz CT molecular complexity index is 446. The average Bonchev–Trinajstić information content (AvgIpc) is 2.18. The summed E-state index contributed by atoms with van der Waals surface area (Å²) >= 11 is 0. The normalized spacial score (nSPS) is 10.1. The third-order valence-corrected chi connectivity index (χ3v) is 2.21. The molecule has 0 bridgehead atoms. The topological polar surface area (TPSA) is 26.0 Å². The molecule has 0 heterocycles. The van der Waals surface area contributed by atoms with Crippen molar-refractivity contribution in [3.05, 3.63) is 54.1 Å². The van der Waals surface area contributed by atoms with E-state index >= 15 is 0 Å². The Morgan fingerprint density at radius 3 is 2.64 bits per heavy atom. The van der Waals surface area contributed by atoms with Crippen LogP contribution in [0.3, 0.4) is 0 Å². The Labute approximate surface area is 84.2 Å². The van der Waals surface area contributed by atoms with Crippen molar-refractivity contribution in [2.75, 3.05) is 5.73 Å². The van der Waals surface area contributed by atoms with Crippen LogP contribution in [0.4, 0.5) is 5.69 Å². The largest absolute Gasteiger partial charge is 0.398 e. The van der Waals surface area contributed by atoms with E-state index < -0.39 is 0 Å². The number of nitrogen functional groups attached to an aromatic ring is 1. The minimum absolute atomic E-state index is 0.800. The van der Waals surface area contributed by atoms with Gasteiger partial charge in [-0.25, -0.2) is 0 Å². The van der Waals surface area contributed by atoms with Gasteiger partial charge in [-0.05, 0) is 24.6 Å². The maximum atomic E-state index is 5.88. The van der Waals surface area contributed by atoms with Crippen LogP contribution in [0.5, 0.6) is 0 Å². The van der Waals surface area contributed by atoms with Crippen molar-refractivity contribution in [2.45, 2.75) is 6.92 Å². The fraction of sp³-hybridized carbons (Fsp3) is 0.0769. The molecule has 2 aromatic rings. The van der Waals surface area contributed by atoms with Gasteiger partial charge < -0.3 is 5.73 Å². The lowest BCUT2D eigenvalue weighted by molar-refractivity contribution is 1.46. The molecule has 0 aliphatic carbocycles. The second-order valence-electron chi connectivity index (χ2n) is 3.37. The van der Waals surface area contributed by atoms with E-state index in [-0.39, 0.29) is 0 Å². The summed E-state index contributed by atoms with van der Waals surface area (Å²) in [4.78, 5) is 0. The van der Waals surface area contributed by atoms with Crippen LogP contribution in [0.1, 0.15) is 5.56 Å². The van der Waals surface area contributed by atoms with Gasteiger partial charge in [-0.3, -0.25) is 0 Å². The van der Waals surface area contributed by atoms with Crippen LogP contribution in [0, 0.1) is 13.0 Å². The Morgan fingerprint density at radius 2 is 1.93 bits per heavy atom. The van der Waals surface area contributed by atoms with Crippen LogP contribution < -0.4 is 5.73 Å². The van der Waals surface area contributed by atoms with E-state index in [1.54, 1.807) is 0 Å². The van der Waals surface area contributed by atoms with Crippen molar-refractivity contribution >= 4 is 5.69 Å². The van der Waals surface area contributed by atoms with E-state index in [1.165, 1.54) is 5.56 Å². The van der Waals surface area contributed by atoms with Gasteiger partial charge in [-0.15, -0.1) is 0 Å². The minimum Gasteiger partial charge on any atom is -0.398 e. The predicted molar refractivity (Wildman–Crippen MR) is 59.9 cm³/mol. The smallest absolute Gasteiger partial charge is 0.0393 e. The Hall–Kier alpha value is -1.76. The molecule has 1 heteroatoms. The van der Waals surface area contributed by atoms with Crippen molar-refractivity contribution in [3.63, 3.8) is 0 Å². The molecule has 0 saturated heterocycles. The number of nitrogens with two attached hydrogens (primary N) is 1. The number of hydrogen-bond donors (Lipinski definition) is 1. The van der Waals surface area contributed by atoms with E-state index in [0.29, 0.717) is 0 Å². The van der Waals surface area contributed by atoms with Gasteiger partial charge in [0.05, 0.1) is 0 Å². The monoisotopic (exact) mass is 182 g/mol. The number of aryl methyl sites for hydroxylation is 1. The first-order chi connectivity index (χ1) is 6.77. The SMILES string of the molecule is Cc1cc[c]c(-c2ccccc2N)c1. The molecule has 0 fully saturated rings. The molecule has 1 radical (unpaired) electrons. The second-order valence-corrected chi connectivity index (χ2v) is 3.37. The lowest BCUT2D eigenvalue weighted by atomic mass is 10.0. The summed E-state index contributed by atoms with van der Waals surface area (Å²) in [5.41, 5.74) is 10.0. The quantitative estimate of drug-likeness (QED) is 0.674. The van der Waals surface area contributed by atoms with Crippen LogP contribution in [0.25, 0.3) is 11.1 Å². The van der Waals surface area contributed by atoms with Gasteiger partial charge in [0.1, 0.15) is 0 Å². The molecular weight excluding hydrogens is 170 g/mol. The van der Waals surface area contributed by atoms with E-state index in [0.717, 1.165) is 16.8 Å². The third kappa shape index (κ3) is 1.62. The van der Waals surface area contributed by atoms with Crippen molar-refractivity contribution in [3.8, 4) is 11.1 Å². The average molecular weight is 182 g/mol. The number of para-hydroxylation sites is 1. The van der Waals surface area contributed by atoms with Crippen molar-refractivity contribution in [2.24, 2.45) is 0 Å². The van der Waals surface area contributed by atoms with Crippen molar-refractivity contribution in [1.29, 1.82) is 0 Å². The zero-order valence-corrected chi connectivity index (χ0v) is 8.12. The summed E-state index contributed by atoms with van der Waals surface area (Å²) in [6.45, 7) is 2.07. The number of rotatable bonds is 1. The highest BCUT2D eigenvalue weighted by molar-refractivity contribution is 5.75. The standard InChI is InChI=1S/C13H12N/c1-10-5-4-6-11(9-10)12-7-2-3-8-13(12)14/h2-5,7-9H,14H2,1H3. The summed E-state index contributed by atoms with van der Waals surface area (Å²) in [6.07, 6.45) is 0. The maximum absolute atomic E-state index is 5.88. The highest BCUT2D eigenvalue weighted by atomic mass is 14.6. The summed E-state index contributed by atoms with van der Waals surface area (Å²) in [5, 5.41) is 0. The van der Waals surface area contributed by atoms with Crippen molar-refractivity contribution in [1.82, 2.24) is 0 Å². The van der Waals surface area contributed by atoms with Crippen LogP contribution in [0.2, 0.25) is 0 Å². The zero-order chi connectivity index (χ0) is 9.97. The highest BCUT2D eigenvalue weighted by Crippen LogP contribution is 2.25. The number of anilines is 1. The third-order valence-electron chi connectivity index (χ3n) is 2.21. The van der Waals surface area contributed by atoms with Crippen LogP contribution in [-0.4, -0.2) is 0 Å². The van der Waals surface area contributed by atoms with E-state index in [9.17, 15) is 0 Å². The fourth-order valence-electron chi connectivity index (χ4n) is 1.48. The molecule has 0 aliphatic heterocycles. The van der Waals surface area contributed by atoms with Gasteiger partial charge in [-0.2, -0.15) is 0 Å². The first-order valence-corrected chi connectivity index (χ1v) is 4.60. The summed E-state index contributed by atoms with van der Waals surface area (Å²) in [6, 6.07) is 17.1. The molecule has 0 amide bonds. The fourth-order valence-corrected chi connectivity index (χ4v) is 1.48. The van der Waals surface area contributed by atoms with Gasteiger partial charge in [0.15, 0.2) is 0 Å². The molecular formula is C13H12N. The lowest BCUT2D eigenvalue weighted by Crippen LogP contribution is -1.89. The minimum atomic E-state index is 0.800. The Balaban J connectivity index is 2.55. The number of benzene rings is 2. The maximum Gasteiger partial charge on any atom is 0.0393 e. The van der Waals surface area contributed by atoms with Crippen LogP contribution in [-0.2, 0) is 0 Å². The summed E-state index contributed by atoms with van der Waals surface area (Å²) < 4.78 is 0. The molecule has 0 unspecified atom stereocenters. The highest BCUT2D eigenvalue weighted by Gasteiger charge is 2.00. The molecule has 2 aromatic carbocycles.